The van der Waals surface area contributed by atoms with E-state index in [-0.39, 0.29) is 45.7 Å². The molecule has 9 nitrogen and oxygen atoms in total. The molecular weight excluding hydrogens is 675 g/mol. The summed E-state index contributed by atoms with van der Waals surface area (Å²) in [6, 6.07) is 0. The van der Waals surface area contributed by atoms with Crippen molar-refractivity contribution < 1.29 is 27.8 Å². The number of allylic oxidation sites excluding steroid dienone is 1. The van der Waals surface area contributed by atoms with Crippen molar-refractivity contribution >= 4 is 23.2 Å². The summed E-state index contributed by atoms with van der Waals surface area (Å²) < 4.78 is 25.3. The van der Waals surface area contributed by atoms with Gasteiger partial charge in [0.05, 0.1) is 18.9 Å². The Labute approximate surface area is 317 Å². The maximum absolute atomic E-state index is 13.1. The van der Waals surface area contributed by atoms with E-state index in [1.54, 1.807) is 13.8 Å². The van der Waals surface area contributed by atoms with Crippen LogP contribution < -0.4 is 5.32 Å². The van der Waals surface area contributed by atoms with Crippen LogP contribution in [0.1, 0.15) is 126 Å². The zero-order valence-corrected chi connectivity index (χ0v) is 34.8. The van der Waals surface area contributed by atoms with E-state index < -0.39 is 22.7 Å². The van der Waals surface area contributed by atoms with Crippen LogP contribution >= 0.6 is 0 Å². The second-order valence-electron chi connectivity index (χ2n) is 20.1. The third-order valence-electron chi connectivity index (χ3n) is 17.0. The molecule has 0 bridgehead atoms. The number of carbonyl (C=O) groups excluding carboxylic acids is 1. The molecule has 6 rings (SSSR count). The SMILES string of the molecule is C=C(C)[C@@H]1CC[C@]2(NCCN3CCN(S(=O)OC)CC3)CC[C@]3(C)[C@H](CC[C@@H]4[C@@]5(C)CC[C@H](OC(=O)CC(C)(C)C(=O)O)C(C)(C)[C@@H]5CC[C@]43C)[C@@H]12. The first-order valence-corrected chi connectivity index (χ1v) is 21.6. The maximum Gasteiger partial charge on any atom is 0.309 e. The van der Waals surface area contributed by atoms with Gasteiger partial charge in [-0.2, -0.15) is 4.31 Å². The molecule has 6 fully saturated rings. The lowest BCUT2D eigenvalue weighted by molar-refractivity contribution is -0.246. The number of carbonyl (C=O) groups is 2. The van der Waals surface area contributed by atoms with E-state index in [0.29, 0.717) is 29.6 Å². The summed E-state index contributed by atoms with van der Waals surface area (Å²) in [6.45, 7) is 28.1. The summed E-state index contributed by atoms with van der Waals surface area (Å²) in [7, 11) is 1.51. The molecule has 11 atom stereocenters. The molecule has 1 heterocycles. The van der Waals surface area contributed by atoms with Crippen molar-refractivity contribution in [2.24, 2.45) is 56.7 Å². The molecule has 0 radical (unpaired) electrons. The topological polar surface area (TPSA) is 108 Å². The molecule has 0 aromatic heterocycles. The van der Waals surface area contributed by atoms with Gasteiger partial charge in [-0.05, 0) is 131 Å². The molecule has 0 spiro atoms. The van der Waals surface area contributed by atoms with Gasteiger partial charge in [-0.25, -0.2) is 4.21 Å². The Balaban J connectivity index is 1.18. The number of ether oxygens (including phenoxy) is 1. The van der Waals surface area contributed by atoms with E-state index in [2.05, 4.69) is 58.3 Å². The van der Waals surface area contributed by atoms with Crippen molar-refractivity contribution in [1.82, 2.24) is 14.5 Å². The lowest BCUT2D eigenvalue weighted by Gasteiger charge is -2.73. The molecule has 1 saturated heterocycles. The molecule has 0 aromatic carbocycles. The molecule has 6 aliphatic rings. The molecular formula is C42H71N3O6S. The number of esters is 1. The molecule has 0 amide bonds. The molecule has 5 saturated carbocycles. The van der Waals surface area contributed by atoms with Crippen LogP contribution in [0.25, 0.3) is 0 Å². The van der Waals surface area contributed by atoms with Gasteiger partial charge in [0.25, 0.3) is 0 Å². The summed E-state index contributed by atoms with van der Waals surface area (Å²) in [5.74, 6) is 1.56. The number of fused-ring (bicyclic) bond motifs is 7. The Morgan fingerprint density at radius 2 is 1.60 bits per heavy atom. The van der Waals surface area contributed by atoms with Crippen LogP contribution in [0.4, 0.5) is 0 Å². The number of carboxylic acids is 1. The second-order valence-corrected chi connectivity index (χ2v) is 21.4. The van der Waals surface area contributed by atoms with E-state index in [0.717, 1.165) is 58.5 Å². The van der Waals surface area contributed by atoms with Crippen molar-refractivity contribution in [2.45, 2.75) is 138 Å². The summed E-state index contributed by atoms with van der Waals surface area (Å²) in [4.78, 5) is 27.4. The third-order valence-corrected chi connectivity index (χ3v) is 18.1. The quantitative estimate of drug-likeness (QED) is 0.168. The van der Waals surface area contributed by atoms with Crippen molar-refractivity contribution in [3.05, 3.63) is 12.2 Å². The van der Waals surface area contributed by atoms with Gasteiger partial charge in [0.2, 0.25) is 11.3 Å². The molecule has 10 heteroatoms. The van der Waals surface area contributed by atoms with E-state index in [4.69, 9.17) is 8.92 Å². The molecule has 1 aliphatic heterocycles. The van der Waals surface area contributed by atoms with Crippen molar-refractivity contribution in [2.75, 3.05) is 46.4 Å². The number of aliphatic carboxylic acids is 1. The molecule has 5 aliphatic carbocycles. The summed E-state index contributed by atoms with van der Waals surface area (Å²) in [6.07, 6.45) is 11.5. The lowest BCUT2D eigenvalue weighted by Crippen LogP contribution is -2.69. The van der Waals surface area contributed by atoms with Crippen LogP contribution in [0.5, 0.6) is 0 Å². The first kappa shape index (κ1) is 40.3. The minimum absolute atomic E-state index is 0.102. The summed E-state index contributed by atoms with van der Waals surface area (Å²) in [5, 5.41) is 13.9. The maximum atomic E-state index is 13.1. The van der Waals surface area contributed by atoms with E-state index >= 15 is 0 Å². The predicted octanol–water partition coefficient (Wildman–Crippen LogP) is 7.24. The average Bonchev–Trinajstić information content (AvgIpc) is 3.46. The van der Waals surface area contributed by atoms with Gasteiger partial charge >= 0.3 is 11.9 Å². The van der Waals surface area contributed by atoms with Crippen LogP contribution in [0, 0.1) is 56.7 Å². The Morgan fingerprint density at radius 1 is 0.904 bits per heavy atom. The van der Waals surface area contributed by atoms with Crippen LogP contribution in [-0.4, -0.2) is 88.5 Å². The van der Waals surface area contributed by atoms with Crippen LogP contribution in [0.2, 0.25) is 0 Å². The van der Waals surface area contributed by atoms with Gasteiger partial charge in [0, 0.05) is 50.2 Å². The zero-order chi connectivity index (χ0) is 38.1. The van der Waals surface area contributed by atoms with E-state index in [1.807, 2.05) is 4.31 Å². The second kappa shape index (κ2) is 14.3. The fourth-order valence-electron chi connectivity index (χ4n) is 13.9. The molecule has 2 N–H and O–H groups in total. The number of nitrogens with one attached hydrogen (secondary N) is 1. The zero-order valence-electron chi connectivity index (χ0n) is 34.0. The van der Waals surface area contributed by atoms with Gasteiger partial charge < -0.3 is 15.2 Å². The minimum Gasteiger partial charge on any atom is -0.481 e. The van der Waals surface area contributed by atoms with Crippen LogP contribution in [-0.2, 0) is 29.8 Å². The number of nitrogens with zero attached hydrogens (tertiary/aromatic N) is 2. The Hall–Kier alpha value is -1.33. The average molecular weight is 746 g/mol. The fourth-order valence-corrected chi connectivity index (χ4v) is 14.6. The highest BCUT2D eigenvalue weighted by molar-refractivity contribution is 7.77. The number of rotatable bonds is 11. The minimum atomic E-state index is -1.34. The molecule has 1 unspecified atom stereocenters. The third kappa shape index (κ3) is 6.58. The molecule has 296 valence electrons. The first-order valence-electron chi connectivity index (χ1n) is 20.5. The first-order chi connectivity index (χ1) is 24.3. The van der Waals surface area contributed by atoms with Gasteiger partial charge in [-0.15, -0.1) is 0 Å². The van der Waals surface area contributed by atoms with E-state index in [1.165, 1.54) is 57.6 Å². The number of hydrogen-bond acceptors (Lipinski definition) is 7. The Kier molecular flexibility index (Phi) is 11.1. The highest BCUT2D eigenvalue weighted by Gasteiger charge is 2.71. The lowest BCUT2D eigenvalue weighted by atomic mass is 9.32. The highest BCUT2D eigenvalue weighted by Crippen LogP contribution is 2.76. The molecule has 52 heavy (non-hydrogen) atoms. The van der Waals surface area contributed by atoms with Gasteiger partial charge in [0.15, 0.2) is 0 Å². The Bertz CT molecular complexity index is 1410. The summed E-state index contributed by atoms with van der Waals surface area (Å²) >= 11 is -1.34. The van der Waals surface area contributed by atoms with E-state index in [9.17, 15) is 18.9 Å². The van der Waals surface area contributed by atoms with Gasteiger partial charge in [-0.3, -0.25) is 18.7 Å². The van der Waals surface area contributed by atoms with Gasteiger partial charge in [-0.1, -0.05) is 46.8 Å². The van der Waals surface area contributed by atoms with Crippen molar-refractivity contribution in [3.63, 3.8) is 0 Å². The van der Waals surface area contributed by atoms with Gasteiger partial charge in [0.1, 0.15) is 6.10 Å². The fraction of sp³-hybridized carbons (Fsp3) is 0.905. The highest BCUT2D eigenvalue weighted by atomic mass is 32.2. The smallest absolute Gasteiger partial charge is 0.309 e. The predicted molar refractivity (Wildman–Crippen MR) is 206 cm³/mol. The molecule has 0 aromatic rings. The van der Waals surface area contributed by atoms with Crippen molar-refractivity contribution in [3.8, 4) is 0 Å². The Morgan fingerprint density at radius 3 is 2.23 bits per heavy atom. The summed E-state index contributed by atoms with van der Waals surface area (Å²) in [5.41, 5.74) is 0.878. The standard InChI is InChI=1S/C42H71N3O6S/c1-28(2)29-13-18-42(43-21-22-44-23-25-45(26-24-44)52(49)50-10)20-19-40(8)30(35(29)42)11-12-32-39(7)16-15-33(51-34(46)27-37(3,4)36(47)48)38(5,6)31(39)14-17-41(32,40)9/h29-33,35,43H,1,11-27H2,2-10H3,(H,47,48)/t29-,30+,31-,32+,33-,35+,39-,40+,41+,42-,52?/m0/s1. The number of piperazine rings is 1. The normalized spacial score (nSPS) is 42.6. The largest absolute Gasteiger partial charge is 0.481 e. The van der Waals surface area contributed by atoms with Crippen molar-refractivity contribution in [1.29, 1.82) is 0 Å². The van der Waals surface area contributed by atoms with Crippen LogP contribution in [0.3, 0.4) is 0 Å². The van der Waals surface area contributed by atoms with Crippen LogP contribution in [0.15, 0.2) is 12.2 Å². The monoisotopic (exact) mass is 746 g/mol. The number of carboxylic acid groups (broad SMARTS) is 1. The number of hydrogen-bond donors (Lipinski definition) is 2.